The predicted octanol–water partition coefficient (Wildman–Crippen LogP) is 5.30. The van der Waals surface area contributed by atoms with Crippen molar-refractivity contribution in [3.8, 4) is 0 Å². The van der Waals surface area contributed by atoms with Crippen molar-refractivity contribution in [1.82, 2.24) is 0 Å². The third kappa shape index (κ3) is 3.80. The molecule has 2 nitrogen and oxygen atoms in total. The summed E-state index contributed by atoms with van der Waals surface area (Å²) in [7, 11) is 0. The molecule has 0 radical (unpaired) electrons. The molecule has 0 spiro atoms. The molecule has 0 amide bonds. The highest BCUT2D eigenvalue weighted by Gasteiger charge is 2.24. The van der Waals surface area contributed by atoms with Crippen molar-refractivity contribution in [3.63, 3.8) is 0 Å². The summed E-state index contributed by atoms with van der Waals surface area (Å²) < 4.78 is 0. The molecule has 0 aromatic heterocycles. The first kappa shape index (κ1) is 17.4. The van der Waals surface area contributed by atoms with Gasteiger partial charge in [0.1, 0.15) is 0 Å². The molecule has 0 saturated heterocycles. The zero-order valence-corrected chi connectivity index (χ0v) is 15.4. The van der Waals surface area contributed by atoms with Crippen molar-refractivity contribution in [2.75, 3.05) is 29.7 Å². The highest BCUT2D eigenvalue weighted by Crippen LogP contribution is 2.40. The Kier molecular flexibility index (Phi) is 5.88. The van der Waals surface area contributed by atoms with Gasteiger partial charge in [-0.05, 0) is 35.9 Å². The fourth-order valence-electron chi connectivity index (χ4n) is 2.64. The molecule has 0 bridgehead atoms. The highest BCUT2D eigenvalue weighted by atomic mass is 35.5. The zero-order valence-electron chi connectivity index (χ0n) is 13.0. The second-order valence-electron chi connectivity index (χ2n) is 5.39. The summed E-state index contributed by atoms with van der Waals surface area (Å²) in [6.45, 7) is 1.52. The topological polar surface area (TPSA) is 20.3 Å². The van der Waals surface area contributed by atoms with Crippen molar-refractivity contribution in [2.45, 2.75) is 4.90 Å². The van der Waals surface area contributed by atoms with Gasteiger partial charge < -0.3 is 4.90 Å². The lowest BCUT2D eigenvalue weighted by molar-refractivity contribution is 0.104. The van der Waals surface area contributed by atoms with Gasteiger partial charge in [-0.1, -0.05) is 36.0 Å². The molecule has 2 aromatic rings. The van der Waals surface area contributed by atoms with Crippen LogP contribution in [0.4, 0.5) is 5.69 Å². The van der Waals surface area contributed by atoms with E-state index in [1.165, 1.54) is 11.8 Å². The SMILES string of the molecule is O=C1/C(=C\c2ccc(N(CCCl)CCCl)cc2)Sc2ccccc21. The van der Waals surface area contributed by atoms with E-state index >= 15 is 0 Å². The lowest BCUT2D eigenvalue weighted by Crippen LogP contribution is -2.27. The predicted molar refractivity (Wildman–Crippen MR) is 105 cm³/mol. The number of anilines is 1. The average molecular weight is 378 g/mol. The van der Waals surface area contributed by atoms with Crippen LogP contribution >= 0.6 is 35.0 Å². The minimum atomic E-state index is 0.102. The quantitative estimate of drug-likeness (QED) is 0.503. The first-order valence-electron chi connectivity index (χ1n) is 7.73. The van der Waals surface area contributed by atoms with Crippen molar-refractivity contribution in [1.29, 1.82) is 0 Å². The number of ketones is 1. The molecule has 3 rings (SSSR count). The van der Waals surface area contributed by atoms with Gasteiger partial charge in [-0.15, -0.1) is 23.2 Å². The summed E-state index contributed by atoms with van der Waals surface area (Å²) in [5.74, 6) is 1.23. The number of thioether (sulfide) groups is 1. The van der Waals surface area contributed by atoms with Crippen LogP contribution in [0.3, 0.4) is 0 Å². The van der Waals surface area contributed by atoms with Crippen LogP contribution in [0.25, 0.3) is 6.08 Å². The zero-order chi connectivity index (χ0) is 16.9. The molecule has 24 heavy (non-hydrogen) atoms. The number of benzene rings is 2. The number of fused-ring (bicyclic) bond motifs is 1. The van der Waals surface area contributed by atoms with Crippen LogP contribution in [0.5, 0.6) is 0 Å². The van der Waals surface area contributed by atoms with Gasteiger partial charge in [0.2, 0.25) is 5.78 Å². The summed E-state index contributed by atoms with van der Waals surface area (Å²) >= 11 is 13.2. The van der Waals surface area contributed by atoms with E-state index in [9.17, 15) is 4.79 Å². The number of allylic oxidation sites excluding steroid dienone is 1. The maximum Gasteiger partial charge on any atom is 0.200 e. The smallest absolute Gasteiger partial charge is 0.200 e. The third-order valence-electron chi connectivity index (χ3n) is 3.84. The number of carbonyl (C=O) groups excluding carboxylic acids is 1. The van der Waals surface area contributed by atoms with Crippen LogP contribution in [-0.2, 0) is 0 Å². The van der Waals surface area contributed by atoms with Gasteiger partial charge in [-0.3, -0.25) is 4.79 Å². The van der Waals surface area contributed by atoms with Gasteiger partial charge in [-0.25, -0.2) is 0 Å². The largest absolute Gasteiger partial charge is 0.369 e. The lowest BCUT2D eigenvalue weighted by atomic mass is 10.1. The molecule has 0 aliphatic carbocycles. The molecule has 0 N–H and O–H groups in total. The maximum absolute atomic E-state index is 12.4. The Hall–Kier alpha value is -1.42. The molecular weight excluding hydrogens is 361 g/mol. The second kappa shape index (κ2) is 8.11. The van der Waals surface area contributed by atoms with Gasteiger partial charge >= 0.3 is 0 Å². The number of nitrogens with zero attached hydrogens (tertiary/aromatic N) is 1. The van der Waals surface area contributed by atoms with E-state index in [4.69, 9.17) is 23.2 Å². The first-order chi connectivity index (χ1) is 11.7. The Morgan fingerprint density at radius 2 is 1.62 bits per heavy atom. The van der Waals surface area contributed by atoms with E-state index in [1.54, 1.807) is 0 Å². The van der Waals surface area contributed by atoms with E-state index < -0.39 is 0 Å². The number of hydrogen-bond acceptors (Lipinski definition) is 3. The first-order valence-corrected chi connectivity index (χ1v) is 9.61. The fourth-order valence-corrected chi connectivity index (χ4v) is 4.10. The van der Waals surface area contributed by atoms with E-state index in [1.807, 2.05) is 54.6 Å². The van der Waals surface area contributed by atoms with E-state index in [0.717, 1.165) is 39.7 Å². The van der Waals surface area contributed by atoms with Crippen LogP contribution in [-0.4, -0.2) is 30.6 Å². The van der Waals surface area contributed by atoms with Crippen molar-refractivity contribution >= 4 is 52.5 Å². The van der Waals surface area contributed by atoms with Crippen LogP contribution < -0.4 is 4.90 Å². The summed E-state index contributed by atoms with van der Waals surface area (Å²) in [5.41, 5.74) is 2.90. The monoisotopic (exact) mass is 377 g/mol. The standard InChI is InChI=1S/C19H17Cl2NOS/c20-9-11-22(12-10-21)15-7-5-14(6-8-15)13-18-19(23)16-3-1-2-4-17(16)24-18/h1-8,13H,9-12H2/b18-13+. The summed E-state index contributed by atoms with van der Waals surface area (Å²) in [5, 5.41) is 0. The van der Waals surface area contributed by atoms with Gasteiger partial charge in [0.15, 0.2) is 0 Å². The van der Waals surface area contributed by atoms with Crippen LogP contribution in [0.15, 0.2) is 58.3 Å². The fraction of sp³-hybridized carbons (Fsp3) is 0.211. The van der Waals surface area contributed by atoms with Crippen LogP contribution in [0, 0.1) is 0 Å². The maximum atomic E-state index is 12.4. The number of hydrogen-bond donors (Lipinski definition) is 0. The highest BCUT2D eigenvalue weighted by molar-refractivity contribution is 8.04. The normalized spacial score (nSPS) is 14.9. The summed E-state index contributed by atoms with van der Waals surface area (Å²) in [6, 6.07) is 15.9. The number of alkyl halides is 2. The van der Waals surface area contributed by atoms with Crippen molar-refractivity contribution < 1.29 is 4.79 Å². The number of halogens is 2. The summed E-state index contributed by atoms with van der Waals surface area (Å²) in [6.07, 6.45) is 1.95. The molecule has 0 unspecified atom stereocenters. The lowest BCUT2D eigenvalue weighted by Gasteiger charge is -2.22. The molecule has 124 valence electrons. The second-order valence-corrected chi connectivity index (χ2v) is 7.23. The minimum Gasteiger partial charge on any atom is -0.369 e. The van der Waals surface area contributed by atoms with Crippen LogP contribution in [0.2, 0.25) is 0 Å². The van der Waals surface area contributed by atoms with Crippen molar-refractivity contribution in [2.24, 2.45) is 0 Å². The van der Waals surface area contributed by atoms with Crippen LogP contribution in [0.1, 0.15) is 15.9 Å². The van der Waals surface area contributed by atoms with E-state index in [-0.39, 0.29) is 5.78 Å². The Bertz CT molecular complexity index is 752. The molecule has 0 atom stereocenters. The third-order valence-corrected chi connectivity index (χ3v) is 5.28. The van der Waals surface area contributed by atoms with Gasteiger partial charge in [-0.2, -0.15) is 0 Å². The number of carbonyl (C=O) groups is 1. The summed E-state index contributed by atoms with van der Waals surface area (Å²) in [4.78, 5) is 16.4. The molecular formula is C19H17Cl2NOS. The molecule has 1 aliphatic rings. The van der Waals surface area contributed by atoms with E-state index in [0.29, 0.717) is 11.8 Å². The Morgan fingerprint density at radius 3 is 2.25 bits per heavy atom. The number of rotatable bonds is 6. The molecule has 0 fully saturated rings. The van der Waals surface area contributed by atoms with Gasteiger partial charge in [0, 0.05) is 41.0 Å². The Morgan fingerprint density at radius 1 is 0.958 bits per heavy atom. The molecule has 1 heterocycles. The minimum absolute atomic E-state index is 0.102. The van der Waals surface area contributed by atoms with Crippen molar-refractivity contribution in [3.05, 3.63) is 64.6 Å². The van der Waals surface area contributed by atoms with Gasteiger partial charge in [0.25, 0.3) is 0 Å². The number of Topliss-reactive ketones (excluding diaryl/α,β-unsaturated/α-hetero) is 1. The Labute approximate surface area is 156 Å². The average Bonchev–Trinajstić information content (AvgIpc) is 2.92. The molecule has 1 aliphatic heterocycles. The molecule has 5 heteroatoms. The molecule has 0 saturated carbocycles. The molecule has 2 aromatic carbocycles. The van der Waals surface area contributed by atoms with E-state index in [2.05, 4.69) is 4.90 Å². The van der Waals surface area contributed by atoms with Gasteiger partial charge in [0.05, 0.1) is 4.91 Å². The Balaban J connectivity index is 1.78.